The third-order valence-corrected chi connectivity index (χ3v) is 3.58. The molecule has 0 aliphatic heterocycles. The van der Waals surface area contributed by atoms with Crippen LogP contribution in [-0.4, -0.2) is 9.78 Å². The summed E-state index contributed by atoms with van der Waals surface area (Å²) in [5.41, 5.74) is 2.10. The van der Waals surface area contributed by atoms with Crippen molar-refractivity contribution in [2.45, 2.75) is 26.8 Å². The second-order valence-electron chi connectivity index (χ2n) is 4.88. The van der Waals surface area contributed by atoms with E-state index in [0.717, 1.165) is 17.7 Å². The highest BCUT2D eigenvalue weighted by Gasteiger charge is 2.12. The fourth-order valence-corrected chi connectivity index (χ4v) is 2.40. The number of rotatable bonds is 4. The SMILES string of the molecule is CC(C)Cc1[nH]n(Cc2ccccc2)c(=O)c1Br. The summed E-state index contributed by atoms with van der Waals surface area (Å²) in [5, 5.41) is 3.19. The van der Waals surface area contributed by atoms with Gasteiger partial charge in [-0.15, -0.1) is 0 Å². The molecule has 0 saturated carbocycles. The fraction of sp³-hybridized carbons (Fsp3) is 0.357. The number of hydrogen-bond donors (Lipinski definition) is 1. The highest BCUT2D eigenvalue weighted by Crippen LogP contribution is 2.14. The zero-order valence-corrected chi connectivity index (χ0v) is 12.2. The highest BCUT2D eigenvalue weighted by atomic mass is 79.9. The summed E-state index contributed by atoms with van der Waals surface area (Å²) in [6.07, 6.45) is 0.873. The molecule has 2 rings (SSSR count). The van der Waals surface area contributed by atoms with Crippen LogP contribution in [0.1, 0.15) is 25.1 Å². The molecular formula is C14H17BrN2O. The summed E-state index contributed by atoms with van der Waals surface area (Å²) in [4.78, 5) is 12.1. The fourth-order valence-electron chi connectivity index (χ4n) is 1.93. The summed E-state index contributed by atoms with van der Waals surface area (Å²) in [6.45, 7) is 4.86. The quantitative estimate of drug-likeness (QED) is 0.925. The van der Waals surface area contributed by atoms with Gasteiger partial charge in [0.25, 0.3) is 5.56 Å². The smallest absolute Gasteiger partial charge is 0.281 e. The Kier molecular flexibility index (Phi) is 4.07. The normalized spacial score (nSPS) is 11.1. The standard InChI is InChI=1S/C14H17BrN2O/c1-10(2)8-12-13(15)14(18)17(16-12)9-11-6-4-3-5-7-11/h3-7,10,16H,8-9H2,1-2H3. The second kappa shape index (κ2) is 5.57. The van der Waals surface area contributed by atoms with Gasteiger partial charge in [-0.1, -0.05) is 44.2 Å². The predicted octanol–water partition coefficient (Wildman–Crippen LogP) is 3.19. The van der Waals surface area contributed by atoms with E-state index in [1.54, 1.807) is 4.68 Å². The summed E-state index contributed by atoms with van der Waals surface area (Å²) in [7, 11) is 0. The number of nitrogens with zero attached hydrogens (tertiary/aromatic N) is 1. The van der Waals surface area contributed by atoms with Crippen LogP contribution >= 0.6 is 15.9 Å². The van der Waals surface area contributed by atoms with Crippen molar-refractivity contribution in [3.05, 3.63) is 56.4 Å². The molecule has 0 radical (unpaired) electrons. The van der Waals surface area contributed by atoms with Crippen molar-refractivity contribution in [2.75, 3.05) is 0 Å². The van der Waals surface area contributed by atoms with Crippen molar-refractivity contribution in [2.24, 2.45) is 5.92 Å². The van der Waals surface area contributed by atoms with Gasteiger partial charge in [-0.3, -0.25) is 9.89 Å². The molecule has 0 aliphatic rings. The van der Waals surface area contributed by atoms with E-state index in [9.17, 15) is 4.79 Å². The van der Waals surface area contributed by atoms with Gasteiger partial charge in [0.05, 0.1) is 12.2 Å². The topological polar surface area (TPSA) is 37.8 Å². The molecule has 1 heterocycles. The van der Waals surface area contributed by atoms with Gasteiger partial charge in [0.2, 0.25) is 0 Å². The first-order valence-corrected chi connectivity index (χ1v) is 6.88. The Labute approximate surface area is 115 Å². The van der Waals surface area contributed by atoms with E-state index in [1.165, 1.54) is 0 Å². The van der Waals surface area contributed by atoms with Crippen molar-refractivity contribution in [1.82, 2.24) is 9.78 Å². The Balaban J connectivity index is 2.27. The van der Waals surface area contributed by atoms with Gasteiger partial charge in [-0.05, 0) is 33.8 Å². The molecule has 0 bridgehead atoms. The first kappa shape index (κ1) is 13.1. The molecule has 1 aromatic carbocycles. The molecule has 1 aromatic heterocycles. The Morgan fingerprint density at radius 2 is 1.94 bits per heavy atom. The van der Waals surface area contributed by atoms with Crippen molar-refractivity contribution in [1.29, 1.82) is 0 Å². The molecule has 0 amide bonds. The summed E-state index contributed by atoms with van der Waals surface area (Å²) in [5.74, 6) is 0.518. The van der Waals surface area contributed by atoms with Crippen LogP contribution in [0.2, 0.25) is 0 Å². The Hall–Kier alpha value is -1.29. The molecule has 96 valence electrons. The first-order chi connectivity index (χ1) is 8.58. The van der Waals surface area contributed by atoms with Crippen LogP contribution in [0.3, 0.4) is 0 Å². The molecule has 3 nitrogen and oxygen atoms in total. The summed E-state index contributed by atoms with van der Waals surface area (Å²) >= 11 is 3.38. The molecule has 0 aliphatic carbocycles. The van der Waals surface area contributed by atoms with Gasteiger partial charge >= 0.3 is 0 Å². The van der Waals surface area contributed by atoms with Gasteiger partial charge in [0.15, 0.2) is 0 Å². The van der Waals surface area contributed by atoms with Crippen LogP contribution in [0, 0.1) is 5.92 Å². The number of aromatic nitrogens is 2. The number of halogens is 1. The number of nitrogens with one attached hydrogen (secondary N) is 1. The van der Waals surface area contributed by atoms with Gasteiger partial charge in [-0.2, -0.15) is 0 Å². The molecule has 1 N–H and O–H groups in total. The van der Waals surface area contributed by atoms with E-state index in [-0.39, 0.29) is 5.56 Å². The van der Waals surface area contributed by atoms with Crippen LogP contribution in [0.4, 0.5) is 0 Å². The third kappa shape index (κ3) is 2.93. The summed E-state index contributed by atoms with van der Waals surface area (Å²) < 4.78 is 2.31. The van der Waals surface area contributed by atoms with Crippen LogP contribution in [-0.2, 0) is 13.0 Å². The van der Waals surface area contributed by atoms with Crippen molar-refractivity contribution >= 4 is 15.9 Å². The highest BCUT2D eigenvalue weighted by molar-refractivity contribution is 9.10. The molecule has 18 heavy (non-hydrogen) atoms. The van der Waals surface area contributed by atoms with Crippen molar-refractivity contribution < 1.29 is 0 Å². The van der Waals surface area contributed by atoms with E-state index < -0.39 is 0 Å². The number of benzene rings is 1. The van der Waals surface area contributed by atoms with Gasteiger partial charge in [0.1, 0.15) is 4.47 Å². The molecule has 0 spiro atoms. The minimum atomic E-state index is 0.00880. The minimum absolute atomic E-state index is 0.00880. The Morgan fingerprint density at radius 3 is 2.56 bits per heavy atom. The zero-order valence-electron chi connectivity index (χ0n) is 10.6. The van der Waals surface area contributed by atoms with E-state index in [1.807, 2.05) is 30.3 Å². The molecule has 0 saturated heterocycles. The van der Waals surface area contributed by atoms with Crippen molar-refractivity contribution in [3.63, 3.8) is 0 Å². The molecule has 4 heteroatoms. The lowest BCUT2D eigenvalue weighted by Crippen LogP contribution is -2.17. The number of H-pyrrole nitrogens is 1. The Morgan fingerprint density at radius 1 is 1.28 bits per heavy atom. The summed E-state index contributed by atoms with van der Waals surface area (Å²) in [6, 6.07) is 9.97. The van der Waals surface area contributed by atoms with E-state index in [4.69, 9.17) is 0 Å². The molecule has 0 fully saturated rings. The Bertz CT molecular complexity index is 569. The maximum atomic E-state index is 12.1. The zero-order chi connectivity index (χ0) is 13.1. The lowest BCUT2D eigenvalue weighted by Gasteiger charge is -2.03. The maximum Gasteiger partial charge on any atom is 0.281 e. The first-order valence-electron chi connectivity index (χ1n) is 6.09. The van der Waals surface area contributed by atoms with E-state index in [2.05, 4.69) is 34.9 Å². The molecule has 0 unspecified atom stereocenters. The maximum absolute atomic E-state index is 12.1. The van der Waals surface area contributed by atoms with Crippen LogP contribution in [0.15, 0.2) is 39.6 Å². The van der Waals surface area contributed by atoms with Crippen molar-refractivity contribution in [3.8, 4) is 0 Å². The number of aromatic amines is 1. The average molecular weight is 309 g/mol. The lowest BCUT2D eigenvalue weighted by atomic mass is 10.1. The van der Waals surface area contributed by atoms with E-state index >= 15 is 0 Å². The average Bonchev–Trinajstić information content (AvgIpc) is 2.58. The van der Waals surface area contributed by atoms with Crippen LogP contribution in [0.5, 0.6) is 0 Å². The molecular weight excluding hydrogens is 292 g/mol. The third-order valence-electron chi connectivity index (χ3n) is 2.76. The van der Waals surface area contributed by atoms with Crippen LogP contribution in [0.25, 0.3) is 0 Å². The molecule has 0 atom stereocenters. The monoisotopic (exact) mass is 308 g/mol. The number of hydrogen-bond acceptors (Lipinski definition) is 1. The van der Waals surface area contributed by atoms with Gasteiger partial charge in [-0.25, -0.2) is 4.68 Å². The molecule has 2 aromatic rings. The minimum Gasteiger partial charge on any atom is -0.298 e. The second-order valence-corrected chi connectivity index (χ2v) is 5.67. The lowest BCUT2D eigenvalue weighted by molar-refractivity contribution is 0.602. The predicted molar refractivity (Wildman–Crippen MR) is 76.8 cm³/mol. The van der Waals surface area contributed by atoms with Gasteiger partial charge < -0.3 is 0 Å². The van der Waals surface area contributed by atoms with E-state index in [0.29, 0.717) is 16.9 Å². The van der Waals surface area contributed by atoms with Gasteiger partial charge in [0, 0.05) is 0 Å². The van der Waals surface area contributed by atoms with Crippen LogP contribution < -0.4 is 5.56 Å². The largest absolute Gasteiger partial charge is 0.298 e.